The van der Waals surface area contributed by atoms with Crippen molar-refractivity contribution in [2.75, 3.05) is 0 Å². The smallest absolute Gasteiger partial charge is 0.368 e. The largest absolute Gasteiger partial charge is 0.486 e. The molecule has 130 valence electrons. The van der Waals surface area contributed by atoms with Crippen LogP contribution in [0.15, 0.2) is 39.6 Å². The van der Waals surface area contributed by atoms with E-state index in [1.807, 2.05) is 26.0 Å². The summed E-state index contributed by atoms with van der Waals surface area (Å²) in [5.41, 5.74) is 2.71. The summed E-state index contributed by atoms with van der Waals surface area (Å²) in [5, 5.41) is 7.60. The van der Waals surface area contributed by atoms with Crippen molar-refractivity contribution in [3.63, 3.8) is 0 Å². The molecule has 0 spiro atoms. The van der Waals surface area contributed by atoms with Gasteiger partial charge in [0.05, 0.1) is 5.69 Å². The fourth-order valence-corrected chi connectivity index (χ4v) is 2.74. The van der Waals surface area contributed by atoms with E-state index in [0.717, 1.165) is 21.4 Å². The second-order valence-corrected chi connectivity index (χ2v) is 6.54. The Bertz CT molecular complexity index is 997. The van der Waals surface area contributed by atoms with Crippen molar-refractivity contribution in [2.24, 2.45) is 7.05 Å². The maximum Gasteiger partial charge on any atom is 0.368 e. The first-order valence-electron chi connectivity index (χ1n) is 7.55. The Balaban J connectivity index is 1.97. The van der Waals surface area contributed by atoms with Gasteiger partial charge in [0.2, 0.25) is 0 Å². The lowest BCUT2D eigenvalue weighted by molar-refractivity contribution is 0.288. The third-order valence-electron chi connectivity index (χ3n) is 3.92. The number of ether oxygens (including phenoxy) is 1. The van der Waals surface area contributed by atoms with Gasteiger partial charge in [-0.15, -0.1) is 0 Å². The fraction of sp³-hybridized carbons (Fsp3) is 0.235. The van der Waals surface area contributed by atoms with Gasteiger partial charge in [0.15, 0.2) is 11.6 Å². The van der Waals surface area contributed by atoms with Crippen molar-refractivity contribution in [3.05, 3.63) is 67.8 Å². The lowest BCUT2D eigenvalue weighted by Gasteiger charge is -2.14. The van der Waals surface area contributed by atoms with Gasteiger partial charge in [-0.25, -0.2) is 9.18 Å². The Morgan fingerprint density at radius 2 is 1.96 bits per heavy atom. The van der Waals surface area contributed by atoms with Crippen LogP contribution in [0.3, 0.4) is 0 Å². The molecule has 0 N–H and O–H groups in total. The van der Waals surface area contributed by atoms with Gasteiger partial charge in [-0.1, -0.05) is 28.1 Å². The van der Waals surface area contributed by atoms with E-state index in [0.29, 0.717) is 10.2 Å². The Morgan fingerprint density at radius 3 is 2.64 bits per heavy atom. The monoisotopic (exact) mass is 406 g/mol. The van der Waals surface area contributed by atoms with Crippen LogP contribution in [0.5, 0.6) is 5.75 Å². The Labute approximate surface area is 152 Å². The van der Waals surface area contributed by atoms with E-state index in [4.69, 9.17) is 4.74 Å². The third kappa shape index (κ3) is 3.34. The molecule has 0 unspecified atom stereocenters. The SMILES string of the molecule is Cc1cc(OCc2c(C)cccc2-n2nnn(C)c2=O)c(F)cc1Br. The predicted octanol–water partition coefficient (Wildman–Crippen LogP) is 3.06. The Morgan fingerprint density at radius 1 is 1.20 bits per heavy atom. The zero-order valence-electron chi connectivity index (χ0n) is 14.0. The third-order valence-corrected chi connectivity index (χ3v) is 4.77. The number of rotatable bonds is 4. The summed E-state index contributed by atoms with van der Waals surface area (Å²) in [7, 11) is 1.53. The zero-order valence-corrected chi connectivity index (χ0v) is 15.5. The van der Waals surface area contributed by atoms with Crippen LogP contribution < -0.4 is 10.4 Å². The lowest BCUT2D eigenvalue weighted by Crippen LogP contribution is -2.23. The second kappa shape index (κ2) is 6.79. The first-order chi connectivity index (χ1) is 11.9. The van der Waals surface area contributed by atoms with Gasteiger partial charge in [-0.05, 0) is 53.6 Å². The molecule has 0 amide bonds. The number of nitrogens with zero attached hydrogens (tertiary/aromatic N) is 4. The van der Waals surface area contributed by atoms with Gasteiger partial charge in [0.1, 0.15) is 6.61 Å². The maximum absolute atomic E-state index is 14.1. The molecule has 6 nitrogen and oxygen atoms in total. The molecular formula is C17H16BrFN4O2. The number of hydrogen-bond acceptors (Lipinski definition) is 4. The van der Waals surface area contributed by atoms with Crippen LogP contribution in [0.1, 0.15) is 16.7 Å². The minimum Gasteiger partial charge on any atom is -0.486 e. The van der Waals surface area contributed by atoms with Crippen LogP contribution >= 0.6 is 15.9 Å². The molecule has 0 aliphatic heterocycles. The van der Waals surface area contributed by atoms with Crippen LogP contribution in [0.25, 0.3) is 5.69 Å². The molecule has 0 saturated heterocycles. The summed E-state index contributed by atoms with van der Waals surface area (Å²) in [6, 6.07) is 8.47. The summed E-state index contributed by atoms with van der Waals surface area (Å²) in [5.74, 6) is -0.300. The molecule has 25 heavy (non-hydrogen) atoms. The quantitative estimate of drug-likeness (QED) is 0.667. The number of tetrazole rings is 1. The summed E-state index contributed by atoms with van der Waals surface area (Å²) in [6.07, 6.45) is 0. The molecule has 0 atom stereocenters. The van der Waals surface area contributed by atoms with E-state index in [1.165, 1.54) is 17.8 Å². The van der Waals surface area contributed by atoms with Crippen LogP contribution in [0, 0.1) is 19.7 Å². The number of aryl methyl sites for hydroxylation is 3. The lowest BCUT2D eigenvalue weighted by atomic mass is 10.1. The van der Waals surface area contributed by atoms with Crippen LogP contribution in [0.2, 0.25) is 0 Å². The van der Waals surface area contributed by atoms with Crippen molar-refractivity contribution in [1.29, 1.82) is 0 Å². The van der Waals surface area contributed by atoms with Gasteiger partial charge in [-0.2, -0.15) is 9.36 Å². The van der Waals surface area contributed by atoms with Gasteiger partial charge >= 0.3 is 5.69 Å². The molecule has 2 aromatic carbocycles. The highest BCUT2D eigenvalue weighted by Crippen LogP contribution is 2.27. The fourth-order valence-electron chi connectivity index (χ4n) is 2.43. The molecule has 8 heteroatoms. The summed E-state index contributed by atoms with van der Waals surface area (Å²) in [4.78, 5) is 12.1. The molecule has 0 radical (unpaired) electrons. The van der Waals surface area contributed by atoms with E-state index >= 15 is 0 Å². The highest BCUT2D eigenvalue weighted by molar-refractivity contribution is 9.10. The van der Waals surface area contributed by atoms with Gasteiger partial charge in [0.25, 0.3) is 0 Å². The van der Waals surface area contributed by atoms with E-state index in [-0.39, 0.29) is 18.0 Å². The number of aromatic nitrogens is 4. The van der Waals surface area contributed by atoms with Gasteiger partial charge in [0, 0.05) is 17.1 Å². The average molecular weight is 407 g/mol. The molecule has 1 heterocycles. The number of benzene rings is 2. The molecule has 3 rings (SSSR count). The van der Waals surface area contributed by atoms with Crippen LogP contribution in [0.4, 0.5) is 4.39 Å². The first kappa shape index (κ1) is 17.3. The Hall–Kier alpha value is -2.48. The van der Waals surface area contributed by atoms with Crippen LogP contribution in [-0.4, -0.2) is 19.8 Å². The number of hydrogen-bond donors (Lipinski definition) is 0. The molecule has 0 aliphatic carbocycles. The second-order valence-electron chi connectivity index (χ2n) is 5.69. The zero-order chi connectivity index (χ0) is 18.1. The van der Waals surface area contributed by atoms with Crippen molar-refractivity contribution in [2.45, 2.75) is 20.5 Å². The van der Waals surface area contributed by atoms with E-state index in [1.54, 1.807) is 12.1 Å². The van der Waals surface area contributed by atoms with Crippen molar-refractivity contribution < 1.29 is 9.13 Å². The van der Waals surface area contributed by atoms with Crippen molar-refractivity contribution in [3.8, 4) is 11.4 Å². The molecule has 0 bridgehead atoms. The predicted molar refractivity (Wildman–Crippen MR) is 94.5 cm³/mol. The van der Waals surface area contributed by atoms with Crippen molar-refractivity contribution >= 4 is 15.9 Å². The molecule has 0 aliphatic rings. The van der Waals surface area contributed by atoms with E-state index in [2.05, 4.69) is 26.4 Å². The topological polar surface area (TPSA) is 61.9 Å². The van der Waals surface area contributed by atoms with Crippen LogP contribution in [-0.2, 0) is 13.7 Å². The highest BCUT2D eigenvalue weighted by Gasteiger charge is 2.15. The van der Waals surface area contributed by atoms with E-state index < -0.39 is 5.82 Å². The number of halogens is 2. The van der Waals surface area contributed by atoms with Gasteiger partial charge < -0.3 is 4.74 Å². The van der Waals surface area contributed by atoms with Gasteiger partial charge in [-0.3, -0.25) is 0 Å². The van der Waals surface area contributed by atoms with Crippen molar-refractivity contribution in [1.82, 2.24) is 19.8 Å². The molecule has 0 fully saturated rings. The Kier molecular flexibility index (Phi) is 4.71. The summed E-state index contributed by atoms with van der Waals surface area (Å²) >= 11 is 3.29. The van der Waals surface area contributed by atoms with E-state index in [9.17, 15) is 9.18 Å². The summed E-state index contributed by atoms with van der Waals surface area (Å²) in [6.45, 7) is 3.85. The molecule has 3 aromatic rings. The maximum atomic E-state index is 14.1. The minimum absolute atomic E-state index is 0.100. The molecule has 0 saturated carbocycles. The average Bonchev–Trinajstić information content (AvgIpc) is 2.90. The standard InChI is InChI=1S/C17H16BrFN4O2/c1-10-5-4-6-15(23-17(24)22(3)20-21-23)12(10)9-25-16-7-11(2)13(18)8-14(16)19/h4-8H,9H2,1-3H3. The molecule has 1 aromatic heterocycles. The highest BCUT2D eigenvalue weighted by atomic mass is 79.9. The summed E-state index contributed by atoms with van der Waals surface area (Å²) < 4.78 is 22.8. The normalized spacial score (nSPS) is 10.9. The first-order valence-corrected chi connectivity index (χ1v) is 8.34. The minimum atomic E-state index is -0.454. The molecular weight excluding hydrogens is 391 g/mol.